The van der Waals surface area contributed by atoms with Crippen LogP contribution in [0, 0.1) is 5.82 Å². The SMILES string of the molecule is O=C(CSCc1cc(F)cc2c1O[C@@H](c1ccccc1)OC2)NC1CCCC1. The van der Waals surface area contributed by atoms with E-state index in [9.17, 15) is 9.18 Å². The lowest BCUT2D eigenvalue weighted by molar-refractivity contribution is -0.119. The molecule has 4 nitrogen and oxygen atoms in total. The third kappa shape index (κ3) is 4.67. The quantitative estimate of drug-likeness (QED) is 0.761. The fourth-order valence-corrected chi connectivity index (χ4v) is 4.56. The molecule has 0 saturated heterocycles. The summed E-state index contributed by atoms with van der Waals surface area (Å²) in [6, 6.07) is 13.0. The zero-order valence-electron chi connectivity index (χ0n) is 15.7. The molecular weight excluding hydrogens is 377 g/mol. The van der Waals surface area contributed by atoms with Crippen molar-refractivity contribution >= 4 is 17.7 Å². The second-order valence-corrected chi connectivity index (χ2v) is 8.25. The lowest BCUT2D eigenvalue weighted by Gasteiger charge is -2.28. The smallest absolute Gasteiger partial charge is 0.230 e. The van der Waals surface area contributed by atoms with Crippen LogP contribution in [0.3, 0.4) is 0 Å². The summed E-state index contributed by atoms with van der Waals surface area (Å²) in [5.74, 6) is 1.29. The van der Waals surface area contributed by atoms with Crippen LogP contribution in [-0.4, -0.2) is 17.7 Å². The minimum Gasteiger partial charge on any atom is -0.460 e. The topological polar surface area (TPSA) is 47.6 Å². The van der Waals surface area contributed by atoms with Crippen molar-refractivity contribution in [2.45, 2.75) is 50.4 Å². The number of hydrogen-bond acceptors (Lipinski definition) is 4. The lowest BCUT2D eigenvalue weighted by Crippen LogP contribution is -2.33. The second kappa shape index (κ2) is 8.97. The van der Waals surface area contributed by atoms with E-state index in [0.717, 1.165) is 24.0 Å². The summed E-state index contributed by atoms with van der Waals surface area (Å²) in [7, 11) is 0. The Balaban J connectivity index is 1.40. The minimum absolute atomic E-state index is 0.0496. The molecule has 0 radical (unpaired) electrons. The van der Waals surface area contributed by atoms with E-state index in [4.69, 9.17) is 9.47 Å². The van der Waals surface area contributed by atoms with Crippen LogP contribution in [-0.2, 0) is 21.9 Å². The highest BCUT2D eigenvalue weighted by Gasteiger charge is 2.25. The van der Waals surface area contributed by atoms with Crippen LogP contribution >= 0.6 is 11.8 Å². The third-order valence-electron chi connectivity index (χ3n) is 5.11. The molecule has 6 heteroatoms. The summed E-state index contributed by atoms with van der Waals surface area (Å²) < 4.78 is 25.9. The van der Waals surface area contributed by atoms with Gasteiger partial charge < -0.3 is 14.8 Å². The molecule has 2 aliphatic rings. The van der Waals surface area contributed by atoms with Crippen molar-refractivity contribution in [3.05, 3.63) is 65.0 Å². The number of ether oxygens (including phenoxy) is 2. The molecular formula is C22H24FNO3S. The summed E-state index contributed by atoms with van der Waals surface area (Å²) >= 11 is 1.48. The molecule has 148 valence electrons. The van der Waals surface area contributed by atoms with Gasteiger partial charge in [0.25, 0.3) is 0 Å². The maximum absolute atomic E-state index is 14.0. The average molecular weight is 402 g/mol. The van der Waals surface area contributed by atoms with Crippen molar-refractivity contribution < 1.29 is 18.7 Å². The Morgan fingerprint density at radius 3 is 2.75 bits per heavy atom. The molecule has 0 bridgehead atoms. The number of carbonyl (C=O) groups is 1. The van der Waals surface area contributed by atoms with Gasteiger partial charge in [0.15, 0.2) is 0 Å². The van der Waals surface area contributed by atoms with Gasteiger partial charge in [0.05, 0.1) is 12.4 Å². The number of fused-ring (bicyclic) bond motifs is 1. The molecule has 1 amide bonds. The number of carbonyl (C=O) groups excluding carboxylic acids is 1. The predicted molar refractivity (Wildman–Crippen MR) is 108 cm³/mol. The Labute approximate surface area is 168 Å². The van der Waals surface area contributed by atoms with Gasteiger partial charge in [0.1, 0.15) is 11.6 Å². The number of amides is 1. The molecule has 2 aromatic carbocycles. The van der Waals surface area contributed by atoms with Crippen LogP contribution in [0.2, 0.25) is 0 Å². The van der Waals surface area contributed by atoms with E-state index in [1.54, 1.807) is 0 Å². The maximum atomic E-state index is 14.0. The number of rotatable bonds is 6. The molecule has 0 unspecified atom stereocenters. The Kier molecular flexibility index (Phi) is 6.17. The highest BCUT2D eigenvalue weighted by Crippen LogP contribution is 2.37. The molecule has 1 saturated carbocycles. The second-order valence-electron chi connectivity index (χ2n) is 7.27. The average Bonchev–Trinajstić information content (AvgIpc) is 3.21. The summed E-state index contributed by atoms with van der Waals surface area (Å²) in [4.78, 5) is 12.1. The Bertz CT molecular complexity index is 824. The van der Waals surface area contributed by atoms with Crippen molar-refractivity contribution in [2.24, 2.45) is 0 Å². The molecule has 1 aliphatic heterocycles. The number of benzene rings is 2. The van der Waals surface area contributed by atoms with Gasteiger partial charge in [-0.3, -0.25) is 4.79 Å². The van der Waals surface area contributed by atoms with Gasteiger partial charge in [-0.2, -0.15) is 0 Å². The first-order valence-electron chi connectivity index (χ1n) is 9.70. The zero-order chi connectivity index (χ0) is 19.3. The Morgan fingerprint density at radius 1 is 1.18 bits per heavy atom. The predicted octanol–water partition coefficient (Wildman–Crippen LogP) is 4.73. The van der Waals surface area contributed by atoms with E-state index in [0.29, 0.717) is 35.5 Å². The van der Waals surface area contributed by atoms with E-state index in [1.807, 2.05) is 30.3 Å². The van der Waals surface area contributed by atoms with Crippen LogP contribution in [0.4, 0.5) is 4.39 Å². The third-order valence-corrected chi connectivity index (χ3v) is 6.09. The molecule has 4 rings (SSSR count). The van der Waals surface area contributed by atoms with Crippen molar-refractivity contribution in [3.63, 3.8) is 0 Å². The zero-order valence-corrected chi connectivity index (χ0v) is 16.5. The lowest BCUT2D eigenvalue weighted by atomic mass is 10.1. The van der Waals surface area contributed by atoms with E-state index < -0.39 is 6.29 Å². The monoisotopic (exact) mass is 401 g/mol. The highest BCUT2D eigenvalue weighted by molar-refractivity contribution is 7.99. The molecule has 28 heavy (non-hydrogen) atoms. The largest absolute Gasteiger partial charge is 0.460 e. The molecule has 0 spiro atoms. The van der Waals surface area contributed by atoms with E-state index in [-0.39, 0.29) is 11.7 Å². The standard InChI is InChI=1S/C22H24FNO3S/c23-18-10-16-12-26-22(15-6-2-1-3-7-15)27-21(16)17(11-18)13-28-14-20(25)24-19-8-4-5-9-19/h1-3,6-7,10-11,19,22H,4-5,8-9,12-14H2,(H,24,25)/t22-/m0/s1. The van der Waals surface area contributed by atoms with Crippen molar-refractivity contribution in [2.75, 3.05) is 5.75 Å². The maximum Gasteiger partial charge on any atom is 0.230 e. The molecule has 1 aliphatic carbocycles. The number of hydrogen-bond donors (Lipinski definition) is 1. The minimum atomic E-state index is -0.506. The van der Waals surface area contributed by atoms with E-state index >= 15 is 0 Å². The number of halogens is 1. The number of nitrogens with one attached hydrogen (secondary N) is 1. The normalized spacial score (nSPS) is 19.1. The van der Waals surface area contributed by atoms with Gasteiger partial charge in [-0.05, 0) is 25.0 Å². The van der Waals surface area contributed by atoms with Crippen LogP contribution in [0.5, 0.6) is 5.75 Å². The first-order chi connectivity index (χ1) is 13.7. The number of thioether (sulfide) groups is 1. The van der Waals surface area contributed by atoms with Gasteiger partial charge >= 0.3 is 0 Å². The molecule has 2 aromatic rings. The van der Waals surface area contributed by atoms with E-state index in [1.165, 1.54) is 36.7 Å². The van der Waals surface area contributed by atoms with Crippen LogP contribution < -0.4 is 10.1 Å². The Hall–Kier alpha value is -2.05. The fraction of sp³-hybridized carbons (Fsp3) is 0.409. The van der Waals surface area contributed by atoms with Crippen molar-refractivity contribution in [1.82, 2.24) is 5.32 Å². The van der Waals surface area contributed by atoms with Crippen LogP contribution in [0.25, 0.3) is 0 Å². The van der Waals surface area contributed by atoms with Crippen molar-refractivity contribution in [1.29, 1.82) is 0 Å². The van der Waals surface area contributed by atoms with Gasteiger partial charge in [0, 0.05) is 28.5 Å². The Morgan fingerprint density at radius 2 is 1.96 bits per heavy atom. The van der Waals surface area contributed by atoms with Gasteiger partial charge in [-0.1, -0.05) is 43.2 Å². The van der Waals surface area contributed by atoms with Crippen LogP contribution in [0.1, 0.15) is 48.7 Å². The summed E-state index contributed by atoms with van der Waals surface area (Å²) in [6.07, 6.45) is 4.02. The summed E-state index contributed by atoms with van der Waals surface area (Å²) in [6.45, 7) is 0.298. The first kappa shape index (κ1) is 19.3. The molecule has 0 aromatic heterocycles. The van der Waals surface area contributed by atoms with Crippen molar-refractivity contribution in [3.8, 4) is 5.75 Å². The molecule has 1 atom stereocenters. The first-order valence-corrected chi connectivity index (χ1v) is 10.9. The summed E-state index contributed by atoms with van der Waals surface area (Å²) in [5, 5.41) is 3.08. The molecule has 1 fully saturated rings. The molecule has 1 N–H and O–H groups in total. The highest BCUT2D eigenvalue weighted by atomic mass is 32.2. The van der Waals surface area contributed by atoms with Crippen LogP contribution in [0.15, 0.2) is 42.5 Å². The molecule has 1 heterocycles. The summed E-state index contributed by atoms with van der Waals surface area (Å²) in [5.41, 5.74) is 2.39. The van der Waals surface area contributed by atoms with Gasteiger partial charge in [0.2, 0.25) is 12.2 Å². The fourth-order valence-electron chi connectivity index (χ4n) is 3.75. The van der Waals surface area contributed by atoms with E-state index in [2.05, 4.69) is 5.32 Å². The van der Waals surface area contributed by atoms with Gasteiger partial charge in [-0.15, -0.1) is 11.8 Å². The van der Waals surface area contributed by atoms with Gasteiger partial charge in [-0.25, -0.2) is 4.39 Å².